The zero-order chi connectivity index (χ0) is 22.2. The van der Waals surface area contributed by atoms with Gasteiger partial charge in [-0.2, -0.15) is 0 Å². The maximum atomic E-state index is 6.07. The lowest BCUT2D eigenvalue weighted by atomic mass is 9.75. The first kappa shape index (κ1) is 18.2. The van der Waals surface area contributed by atoms with Crippen LogP contribution in [-0.2, 0) is 0 Å². The molecule has 0 fully saturated rings. The van der Waals surface area contributed by atoms with Crippen LogP contribution in [0.1, 0.15) is 0 Å². The second-order valence-corrected chi connectivity index (χ2v) is 8.84. The van der Waals surface area contributed by atoms with E-state index in [4.69, 9.17) is 18.6 Å². The Morgan fingerprint density at radius 1 is 0.382 bits per heavy atom. The van der Waals surface area contributed by atoms with E-state index >= 15 is 0 Å². The smallest absolute Gasteiger partial charge is 0.519 e. The Bertz CT molecular complexity index is 1500. The minimum absolute atomic E-state index is 0.441. The van der Waals surface area contributed by atoms with E-state index in [0.29, 0.717) is 0 Å². The van der Waals surface area contributed by atoms with Gasteiger partial charge in [-0.25, -0.2) is 0 Å². The van der Waals surface area contributed by atoms with E-state index in [-0.39, 0.29) is 0 Å². The van der Waals surface area contributed by atoms with Crippen molar-refractivity contribution >= 4 is 57.5 Å². The molecule has 0 aliphatic carbocycles. The average Bonchev–Trinajstić information content (AvgIpc) is 3.51. The standard InChI is InChI=1S/C28H16B2O4/c1-2-6-24-23(5-1)31-29(32-24)21-13-17-9-11-19-15-22(30-33-25-7-3-4-8-26(25)34-30)16-20-12-10-18(14-21)27(17)28(19)20/h1-16H. The monoisotopic (exact) mass is 438 g/mol. The van der Waals surface area contributed by atoms with E-state index in [9.17, 15) is 0 Å². The molecule has 0 bridgehead atoms. The van der Waals surface area contributed by atoms with Crippen molar-refractivity contribution < 1.29 is 18.6 Å². The highest BCUT2D eigenvalue weighted by atomic mass is 16.6. The Morgan fingerprint density at radius 3 is 0.971 bits per heavy atom. The highest BCUT2D eigenvalue weighted by molar-refractivity contribution is 6.65. The van der Waals surface area contributed by atoms with E-state index in [1.54, 1.807) is 0 Å². The van der Waals surface area contributed by atoms with Gasteiger partial charge >= 0.3 is 14.2 Å². The predicted molar refractivity (Wildman–Crippen MR) is 136 cm³/mol. The summed E-state index contributed by atoms with van der Waals surface area (Å²) in [6.07, 6.45) is 0. The van der Waals surface area contributed by atoms with Gasteiger partial charge in [-0.05, 0) is 56.6 Å². The molecule has 6 heteroatoms. The zero-order valence-electron chi connectivity index (χ0n) is 18.0. The van der Waals surface area contributed by atoms with Gasteiger partial charge in [0.05, 0.1) is 0 Å². The van der Waals surface area contributed by atoms with Crippen molar-refractivity contribution in [2.45, 2.75) is 0 Å². The van der Waals surface area contributed by atoms with Crippen molar-refractivity contribution in [1.82, 2.24) is 0 Å². The number of hydrogen-bond acceptors (Lipinski definition) is 4. The number of fused-ring (bicyclic) bond motifs is 2. The lowest BCUT2D eigenvalue weighted by Gasteiger charge is -2.15. The van der Waals surface area contributed by atoms with Crippen molar-refractivity contribution in [3.8, 4) is 23.0 Å². The molecule has 0 aromatic heterocycles. The molecule has 0 saturated carbocycles. The third-order valence-electron chi connectivity index (χ3n) is 6.76. The van der Waals surface area contributed by atoms with Gasteiger partial charge in [0.25, 0.3) is 0 Å². The van der Waals surface area contributed by atoms with E-state index in [1.807, 2.05) is 48.5 Å². The van der Waals surface area contributed by atoms with Gasteiger partial charge in [-0.3, -0.25) is 0 Å². The van der Waals surface area contributed by atoms with Crippen LogP contribution >= 0.6 is 0 Å². The summed E-state index contributed by atoms with van der Waals surface area (Å²) in [4.78, 5) is 0. The topological polar surface area (TPSA) is 36.9 Å². The molecule has 0 amide bonds. The third-order valence-corrected chi connectivity index (χ3v) is 6.76. The molecule has 0 radical (unpaired) electrons. The normalized spacial score (nSPS) is 14.1. The van der Waals surface area contributed by atoms with Crippen LogP contribution in [0.4, 0.5) is 0 Å². The lowest BCUT2D eigenvalue weighted by Crippen LogP contribution is -2.39. The summed E-state index contributed by atoms with van der Waals surface area (Å²) in [7, 11) is -0.881. The van der Waals surface area contributed by atoms with Gasteiger partial charge in [0.1, 0.15) is 23.0 Å². The second-order valence-electron chi connectivity index (χ2n) is 8.84. The Morgan fingerprint density at radius 2 is 0.676 bits per heavy atom. The van der Waals surface area contributed by atoms with Crippen LogP contribution in [0.2, 0.25) is 0 Å². The molecule has 0 N–H and O–H groups in total. The molecule has 0 atom stereocenters. The minimum atomic E-state index is -0.441. The summed E-state index contributed by atoms with van der Waals surface area (Å²) in [5.74, 6) is 3.12. The van der Waals surface area contributed by atoms with Crippen molar-refractivity contribution in [2.24, 2.45) is 0 Å². The molecular formula is C28H16B2O4. The van der Waals surface area contributed by atoms with Gasteiger partial charge in [0, 0.05) is 10.9 Å². The van der Waals surface area contributed by atoms with Crippen LogP contribution in [0.15, 0.2) is 97.1 Å². The summed E-state index contributed by atoms with van der Waals surface area (Å²) >= 11 is 0. The fraction of sp³-hybridized carbons (Fsp3) is 0. The average molecular weight is 438 g/mol. The van der Waals surface area contributed by atoms with Crippen LogP contribution in [0.5, 0.6) is 23.0 Å². The molecule has 4 nitrogen and oxygen atoms in total. The van der Waals surface area contributed by atoms with Crippen molar-refractivity contribution in [3.05, 3.63) is 97.1 Å². The number of benzene rings is 6. The quantitative estimate of drug-likeness (QED) is 0.284. The molecule has 0 spiro atoms. The zero-order valence-corrected chi connectivity index (χ0v) is 18.0. The fourth-order valence-corrected chi connectivity index (χ4v) is 5.23. The highest BCUT2D eigenvalue weighted by Gasteiger charge is 2.36. The predicted octanol–water partition coefficient (Wildman–Crippen LogP) is 4.92. The molecule has 158 valence electrons. The maximum absolute atomic E-state index is 6.07. The van der Waals surface area contributed by atoms with Gasteiger partial charge in [0.15, 0.2) is 0 Å². The number of para-hydroxylation sites is 4. The van der Waals surface area contributed by atoms with E-state index in [2.05, 4.69) is 48.5 Å². The van der Waals surface area contributed by atoms with E-state index in [0.717, 1.165) is 33.9 Å². The Labute approximate surface area is 196 Å². The molecule has 0 saturated heterocycles. The first-order valence-electron chi connectivity index (χ1n) is 11.4. The van der Waals surface area contributed by atoms with Gasteiger partial charge in [-0.1, -0.05) is 72.8 Å². The lowest BCUT2D eigenvalue weighted by molar-refractivity contribution is 0.518. The molecule has 34 heavy (non-hydrogen) atoms. The summed E-state index contributed by atoms with van der Waals surface area (Å²) in [5, 5.41) is 7.17. The molecule has 2 aliphatic rings. The summed E-state index contributed by atoms with van der Waals surface area (Å²) in [6.45, 7) is 0. The van der Waals surface area contributed by atoms with Crippen molar-refractivity contribution in [1.29, 1.82) is 0 Å². The Hall–Kier alpha value is -4.31. The molecule has 6 aromatic carbocycles. The highest BCUT2D eigenvalue weighted by Crippen LogP contribution is 2.37. The molecule has 8 rings (SSSR count). The molecule has 2 heterocycles. The van der Waals surface area contributed by atoms with Crippen LogP contribution in [0.3, 0.4) is 0 Å². The first-order chi connectivity index (χ1) is 16.8. The summed E-state index contributed by atoms with van der Waals surface area (Å²) in [5.41, 5.74) is 2.02. The van der Waals surface area contributed by atoms with Crippen LogP contribution in [0.25, 0.3) is 32.3 Å². The van der Waals surface area contributed by atoms with Gasteiger partial charge in [0.2, 0.25) is 0 Å². The van der Waals surface area contributed by atoms with Crippen LogP contribution in [-0.4, -0.2) is 14.2 Å². The maximum Gasteiger partial charge on any atom is 0.632 e. The van der Waals surface area contributed by atoms with Gasteiger partial charge < -0.3 is 18.6 Å². The molecular weight excluding hydrogens is 422 g/mol. The van der Waals surface area contributed by atoms with Crippen molar-refractivity contribution in [3.63, 3.8) is 0 Å². The summed E-state index contributed by atoms with van der Waals surface area (Å²) < 4.78 is 24.3. The third kappa shape index (κ3) is 2.57. The van der Waals surface area contributed by atoms with E-state index < -0.39 is 14.2 Å². The Balaban J connectivity index is 1.23. The molecule has 6 aromatic rings. The number of hydrogen-bond donors (Lipinski definition) is 0. The minimum Gasteiger partial charge on any atom is -0.519 e. The van der Waals surface area contributed by atoms with E-state index in [1.165, 1.54) is 32.3 Å². The fourth-order valence-electron chi connectivity index (χ4n) is 5.23. The Kier molecular flexibility index (Phi) is 3.53. The SMILES string of the molecule is c1ccc2c(c1)OB(c1cc3ccc4cc(B5Oc6ccccc6O5)cc5ccc(c1)c3c45)O2. The largest absolute Gasteiger partial charge is 0.632 e. The molecule has 0 unspecified atom stereocenters. The summed E-state index contributed by atoms with van der Waals surface area (Å²) in [6, 6.07) is 33.0. The second kappa shape index (κ2) is 6.61. The number of rotatable bonds is 2. The van der Waals surface area contributed by atoms with Gasteiger partial charge in [-0.15, -0.1) is 0 Å². The first-order valence-corrected chi connectivity index (χ1v) is 11.4. The van der Waals surface area contributed by atoms with Crippen LogP contribution in [0, 0.1) is 0 Å². The molecule has 2 aliphatic heterocycles. The van der Waals surface area contributed by atoms with Crippen LogP contribution < -0.4 is 29.5 Å². The van der Waals surface area contributed by atoms with Crippen molar-refractivity contribution in [2.75, 3.05) is 0 Å².